The number of ether oxygens (including phenoxy) is 1. The lowest BCUT2D eigenvalue weighted by molar-refractivity contribution is -0.152. The number of rotatable bonds is 4. The molecule has 120 valence electrons. The highest BCUT2D eigenvalue weighted by atomic mass is 16.5. The maximum atomic E-state index is 12.2. The fourth-order valence-corrected chi connectivity index (χ4v) is 2.70. The number of esters is 1. The normalized spacial score (nSPS) is 19.3. The van der Waals surface area contributed by atoms with E-state index in [9.17, 15) is 4.79 Å². The second-order valence-electron chi connectivity index (χ2n) is 5.76. The van der Waals surface area contributed by atoms with Gasteiger partial charge >= 0.3 is 5.97 Å². The van der Waals surface area contributed by atoms with Crippen LogP contribution in [0.15, 0.2) is 37.0 Å². The zero-order valence-electron chi connectivity index (χ0n) is 13.2. The molecule has 1 aromatic carbocycles. The van der Waals surface area contributed by atoms with Gasteiger partial charge in [-0.05, 0) is 48.9 Å². The lowest BCUT2D eigenvalue weighted by Crippen LogP contribution is -2.50. The van der Waals surface area contributed by atoms with Crippen molar-refractivity contribution in [3.05, 3.63) is 48.3 Å². The van der Waals surface area contributed by atoms with E-state index in [1.165, 1.54) is 0 Å². The molecule has 0 saturated carbocycles. The lowest BCUT2D eigenvalue weighted by atomic mass is 10.0. The van der Waals surface area contributed by atoms with E-state index < -0.39 is 0 Å². The monoisotopic (exact) mass is 311 g/mol. The van der Waals surface area contributed by atoms with Crippen molar-refractivity contribution in [2.75, 3.05) is 6.54 Å². The largest absolute Gasteiger partial charge is 0.457 e. The Morgan fingerprint density at radius 3 is 3.04 bits per heavy atom. The third-order valence-corrected chi connectivity index (χ3v) is 4.09. The second-order valence-corrected chi connectivity index (χ2v) is 5.76. The van der Waals surface area contributed by atoms with Crippen molar-refractivity contribution in [3.63, 3.8) is 0 Å². The summed E-state index contributed by atoms with van der Waals surface area (Å²) in [6, 6.07) is 7.71. The molecular formula is C18H21N3O2. The fraction of sp³-hybridized carbons (Fsp3) is 0.333. The van der Waals surface area contributed by atoms with Crippen LogP contribution in [0.2, 0.25) is 0 Å². The van der Waals surface area contributed by atoms with Crippen LogP contribution in [0.25, 0.3) is 16.8 Å². The summed E-state index contributed by atoms with van der Waals surface area (Å²) in [5.41, 5.74) is 7.77. The number of nitrogens with zero attached hydrogens (tertiary/aromatic N) is 1. The summed E-state index contributed by atoms with van der Waals surface area (Å²) >= 11 is 0. The molecule has 0 amide bonds. The number of nitrogens with one attached hydrogen (secondary N) is 2. The first-order valence-electron chi connectivity index (χ1n) is 7.88. The van der Waals surface area contributed by atoms with Crippen LogP contribution in [0, 0.1) is 0 Å². The van der Waals surface area contributed by atoms with Crippen molar-refractivity contribution in [1.82, 2.24) is 15.8 Å². The summed E-state index contributed by atoms with van der Waals surface area (Å²) in [5, 5.41) is 2.11. The summed E-state index contributed by atoms with van der Waals surface area (Å²) in [5.74, 6) is -0.216. The number of pyridine rings is 1. The van der Waals surface area contributed by atoms with Crippen molar-refractivity contribution in [1.29, 1.82) is 0 Å². The van der Waals surface area contributed by atoms with Crippen LogP contribution in [0.4, 0.5) is 0 Å². The molecule has 1 aliphatic heterocycles. The number of benzene rings is 1. The summed E-state index contributed by atoms with van der Waals surface area (Å²) in [6.45, 7) is 6.51. The molecule has 23 heavy (non-hydrogen) atoms. The van der Waals surface area contributed by atoms with E-state index >= 15 is 0 Å². The van der Waals surface area contributed by atoms with Crippen molar-refractivity contribution in [3.8, 4) is 0 Å². The van der Waals surface area contributed by atoms with Crippen LogP contribution in [0.5, 0.6) is 0 Å². The van der Waals surface area contributed by atoms with Gasteiger partial charge in [0.15, 0.2) is 0 Å². The van der Waals surface area contributed by atoms with Gasteiger partial charge in [0.1, 0.15) is 12.1 Å². The summed E-state index contributed by atoms with van der Waals surface area (Å²) in [6.07, 6.45) is 5.01. The van der Waals surface area contributed by atoms with E-state index in [4.69, 9.17) is 4.74 Å². The minimum absolute atomic E-state index is 0.216. The number of fused-ring (bicyclic) bond motifs is 1. The first-order valence-corrected chi connectivity index (χ1v) is 7.88. The molecule has 2 atom stereocenters. The van der Waals surface area contributed by atoms with Crippen LogP contribution >= 0.6 is 0 Å². The van der Waals surface area contributed by atoms with Crippen LogP contribution in [0.1, 0.15) is 37.1 Å². The molecule has 3 rings (SSSR count). The quantitative estimate of drug-likeness (QED) is 0.850. The number of carbonyl (C=O) groups is 1. The Hall–Kier alpha value is -2.24. The van der Waals surface area contributed by atoms with E-state index in [0.717, 1.165) is 41.4 Å². The van der Waals surface area contributed by atoms with Crippen molar-refractivity contribution >= 4 is 22.8 Å². The fourth-order valence-electron chi connectivity index (χ4n) is 2.70. The Morgan fingerprint density at radius 1 is 1.43 bits per heavy atom. The maximum absolute atomic E-state index is 12.2. The smallest absolute Gasteiger partial charge is 0.325 e. The highest BCUT2D eigenvalue weighted by molar-refractivity contribution is 5.84. The summed E-state index contributed by atoms with van der Waals surface area (Å²) < 4.78 is 5.60. The summed E-state index contributed by atoms with van der Waals surface area (Å²) in [4.78, 5) is 16.5. The zero-order valence-corrected chi connectivity index (χ0v) is 13.2. The molecular weight excluding hydrogens is 290 g/mol. The Bertz CT molecular complexity index is 723. The topological polar surface area (TPSA) is 63.2 Å². The Kier molecular flexibility index (Phi) is 4.69. The van der Waals surface area contributed by atoms with Gasteiger partial charge < -0.3 is 4.74 Å². The van der Waals surface area contributed by atoms with Gasteiger partial charge in [-0.15, -0.1) is 0 Å². The number of aromatic nitrogens is 1. The van der Waals surface area contributed by atoms with Gasteiger partial charge in [-0.25, -0.2) is 5.43 Å². The van der Waals surface area contributed by atoms with Gasteiger partial charge in [0.05, 0.1) is 5.69 Å². The van der Waals surface area contributed by atoms with E-state index in [1.807, 2.05) is 37.4 Å². The van der Waals surface area contributed by atoms with Crippen molar-refractivity contribution in [2.45, 2.75) is 31.9 Å². The molecule has 1 saturated heterocycles. The highest BCUT2D eigenvalue weighted by Gasteiger charge is 2.24. The van der Waals surface area contributed by atoms with Gasteiger partial charge in [-0.3, -0.25) is 15.2 Å². The molecule has 0 aliphatic carbocycles. The van der Waals surface area contributed by atoms with Crippen molar-refractivity contribution in [2.24, 2.45) is 0 Å². The zero-order chi connectivity index (χ0) is 16.2. The third kappa shape index (κ3) is 3.57. The first-order chi connectivity index (χ1) is 11.2. The number of hydrogen-bond donors (Lipinski definition) is 2. The minimum atomic E-state index is -0.295. The average Bonchev–Trinajstić information content (AvgIpc) is 2.61. The van der Waals surface area contributed by atoms with Gasteiger partial charge in [-0.1, -0.05) is 18.7 Å². The van der Waals surface area contributed by atoms with Gasteiger partial charge in [0.25, 0.3) is 0 Å². The van der Waals surface area contributed by atoms with Crippen LogP contribution < -0.4 is 10.9 Å². The maximum Gasteiger partial charge on any atom is 0.325 e. The molecule has 0 bridgehead atoms. The first kappa shape index (κ1) is 15.6. The lowest BCUT2D eigenvalue weighted by Gasteiger charge is -2.24. The average molecular weight is 311 g/mol. The predicted molar refractivity (Wildman–Crippen MR) is 90.5 cm³/mol. The molecule has 2 heterocycles. The van der Waals surface area contributed by atoms with Crippen LogP contribution in [0.3, 0.4) is 0 Å². The molecule has 1 aliphatic rings. The molecule has 5 heteroatoms. The van der Waals surface area contributed by atoms with Gasteiger partial charge in [-0.2, -0.15) is 0 Å². The van der Waals surface area contributed by atoms with E-state index in [0.29, 0.717) is 0 Å². The Labute approximate surface area is 135 Å². The summed E-state index contributed by atoms with van der Waals surface area (Å²) in [7, 11) is 0. The number of hydrazine groups is 1. The van der Waals surface area contributed by atoms with E-state index in [2.05, 4.69) is 22.4 Å². The van der Waals surface area contributed by atoms with Crippen LogP contribution in [-0.4, -0.2) is 23.5 Å². The number of carbonyl (C=O) groups excluding carboxylic acids is 1. The highest BCUT2D eigenvalue weighted by Crippen LogP contribution is 2.23. The molecule has 0 spiro atoms. The van der Waals surface area contributed by atoms with Crippen LogP contribution in [-0.2, 0) is 9.53 Å². The Morgan fingerprint density at radius 2 is 2.30 bits per heavy atom. The Balaban J connectivity index is 1.75. The standard InChI is InChI=1S/C18H21N3O2/c1-3-16-10-15-9-13(6-7-14(15)11-19-16)12(2)23-18(22)17-5-4-8-20-21-17/h3,6-7,9-12,17,20-21H,1,4-5,8H2,2H3/t12-,17+/m1/s1. The SMILES string of the molecule is C=Cc1cc2cc([C@@H](C)OC(=O)[C@@H]3CCCNN3)ccc2cn1. The minimum Gasteiger partial charge on any atom is -0.457 e. The van der Waals surface area contributed by atoms with Crippen molar-refractivity contribution < 1.29 is 9.53 Å². The number of hydrogen-bond acceptors (Lipinski definition) is 5. The van der Waals surface area contributed by atoms with E-state index in [1.54, 1.807) is 6.08 Å². The van der Waals surface area contributed by atoms with Gasteiger partial charge in [0.2, 0.25) is 0 Å². The molecule has 1 aromatic heterocycles. The molecule has 2 N–H and O–H groups in total. The predicted octanol–water partition coefficient (Wildman–Crippen LogP) is 2.74. The molecule has 0 unspecified atom stereocenters. The molecule has 1 fully saturated rings. The van der Waals surface area contributed by atoms with E-state index in [-0.39, 0.29) is 18.1 Å². The molecule has 5 nitrogen and oxygen atoms in total. The molecule has 0 radical (unpaired) electrons. The second kappa shape index (κ2) is 6.89. The van der Waals surface area contributed by atoms with Gasteiger partial charge in [0, 0.05) is 18.1 Å². The third-order valence-electron chi connectivity index (χ3n) is 4.09. The molecule has 2 aromatic rings.